The van der Waals surface area contributed by atoms with Crippen LogP contribution in [-0.4, -0.2) is 28.6 Å². The number of hydrogen-bond donors (Lipinski definition) is 1. The lowest BCUT2D eigenvalue weighted by molar-refractivity contribution is -0.118. The Morgan fingerprint density at radius 1 is 1.07 bits per heavy atom. The average Bonchev–Trinajstić information content (AvgIpc) is 3.08. The number of carbonyl (C=O) groups is 1. The van der Waals surface area contributed by atoms with E-state index in [9.17, 15) is 4.79 Å². The maximum absolute atomic E-state index is 11.1. The molecule has 0 atom stereocenters. The fourth-order valence-electron chi connectivity index (χ4n) is 3.72. The van der Waals surface area contributed by atoms with Gasteiger partial charge >= 0.3 is 0 Å². The molecule has 0 fully saturated rings. The van der Waals surface area contributed by atoms with Gasteiger partial charge < -0.3 is 14.6 Å². The van der Waals surface area contributed by atoms with E-state index in [1.807, 2.05) is 12.1 Å². The van der Waals surface area contributed by atoms with Gasteiger partial charge in [0.2, 0.25) is 5.91 Å². The maximum Gasteiger partial charge on any atom is 0.216 e. The van der Waals surface area contributed by atoms with Crippen molar-refractivity contribution in [2.75, 3.05) is 13.2 Å². The molecular weight excluding hydrogens is 374 g/mol. The number of nitrogens with one attached hydrogen (secondary N) is 1. The zero-order valence-electron chi connectivity index (χ0n) is 18.4. The van der Waals surface area contributed by atoms with Crippen LogP contribution < -0.4 is 10.1 Å². The Labute approximate surface area is 179 Å². The number of aromatic nitrogens is 2. The summed E-state index contributed by atoms with van der Waals surface area (Å²) in [5.74, 6) is 2.56. The van der Waals surface area contributed by atoms with Gasteiger partial charge in [0.15, 0.2) is 0 Å². The summed E-state index contributed by atoms with van der Waals surface area (Å²) in [6.45, 7) is 8.26. The molecule has 1 N–H and O–H groups in total. The van der Waals surface area contributed by atoms with E-state index in [1.54, 1.807) is 6.92 Å². The van der Waals surface area contributed by atoms with Crippen LogP contribution in [0.5, 0.6) is 5.75 Å². The highest BCUT2D eigenvalue weighted by Gasteiger charge is 2.11. The predicted molar refractivity (Wildman–Crippen MR) is 122 cm³/mol. The molecule has 0 aliphatic rings. The zero-order valence-corrected chi connectivity index (χ0v) is 18.4. The first-order chi connectivity index (χ1) is 14.6. The highest BCUT2D eigenvalue weighted by molar-refractivity contribution is 5.76. The molecule has 0 spiro atoms. The molecule has 0 saturated heterocycles. The number of hydrogen-bond acceptors (Lipinski definition) is 3. The molecule has 30 heavy (non-hydrogen) atoms. The number of fused-ring (bicyclic) bond motifs is 1. The van der Waals surface area contributed by atoms with E-state index in [4.69, 9.17) is 9.72 Å². The van der Waals surface area contributed by atoms with Gasteiger partial charge in [-0.15, -0.1) is 0 Å². The fourth-order valence-corrected chi connectivity index (χ4v) is 3.72. The van der Waals surface area contributed by atoms with E-state index >= 15 is 0 Å². The Bertz CT molecular complexity index is 962. The van der Waals surface area contributed by atoms with Gasteiger partial charge in [-0.3, -0.25) is 4.79 Å². The third-order valence-electron chi connectivity index (χ3n) is 5.26. The summed E-state index contributed by atoms with van der Waals surface area (Å²) in [5, 5.41) is 2.86. The third-order valence-corrected chi connectivity index (χ3v) is 5.26. The minimum absolute atomic E-state index is 0.0162. The lowest BCUT2D eigenvalue weighted by Gasteiger charge is -2.14. The van der Waals surface area contributed by atoms with E-state index < -0.39 is 0 Å². The van der Waals surface area contributed by atoms with Gasteiger partial charge in [0, 0.05) is 26.4 Å². The Balaban J connectivity index is 1.56. The highest BCUT2D eigenvalue weighted by atomic mass is 16.5. The van der Waals surface area contributed by atoms with Crippen molar-refractivity contribution in [3.8, 4) is 5.75 Å². The second-order valence-electron chi connectivity index (χ2n) is 8.00. The molecule has 3 aromatic rings. The smallest absolute Gasteiger partial charge is 0.216 e. The van der Waals surface area contributed by atoms with Crippen LogP contribution in [0.25, 0.3) is 11.0 Å². The first-order valence-corrected chi connectivity index (χ1v) is 11.0. The van der Waals surface area contributed by atoms with Crippen LogP contribution in [0.2, 0.25) is 0 Å². The SMILES string of the molecule is CC(=O)NCCCc1nc2ccccc2n1CCCCOc1ccccc1C(C)C. The van der Waals surface area contributed by atoms with Gasteiger partial charge in [-0.2, -0.15) is 0 Å². The second-order valence-corrected chi connectivity index (χ2v) is 8.00. The molecule has 160 valence electrons. The van der Waals surface area contributed by atoms with Crippen molar-refractivity contribution in [2.24, 2.45) is 0 Å². The van der Waals surface area contributed by atoms with Crippen LogP contribution in [0, 0.1) is 0 Å². The summed E-state index contributed by atoms with van der Waals surface area (Å²) in [7, 11) is 0. The van der Waals surface area contributed by atoms with Crippen LogP contribution in [0.3, 0.4) is 0 Å². The quantitative estimate of drug-likeness (QED) is 0.451. The normalized spacial score (nSPS) is 11.2. The molecule has 0 aliphatic heterocycles. The van der Waals surface area contributed by atoms with E-state index in [0.29, 0.717) is 19.1 Å². The van der Waals surface area contributed by atoms with Crippen molar-refractivity contribution in [1.82, 2.24) is 14.9 Å². The van der Waals surface area contributed by atoms with Crippen LogP contribution >= 0.6 is 0 Å². The van der Waals surface area contributed by atoms with Gasteiger partial charge in [0.05, 0.1) is 17.6 Å². The van der Waals surface area contributed by atoms with E-state index in [-0.39, 0.29) is 5.91 Å². The summed E-state index contributed by atoms with van der Waals surface area (Å²) in [6.07, 6.45) is 3.76. The number of carbonyl (C=O) groups excluding carboxylic acids is 1. The zero-order chi connectivity index (χ0) is 21.3. The van der Waals surface area contributed by atoms with Gasteiger partial charge in [0.25, 0.3) is 0 Å². The Morgan fingerprint density at radius 2 is 1.83 bits per heavy atom. The summed E-state index contributed by atoms with van der Waals surface area (Å²) >= 11 is 0. The lowest BCUT2D eigenvalue weighted by atomic mass is 10.0. The molecule has 5 heteroatoms. The number of benzene rings is 2. The van der Waals surface area contributed by atoms with Crippen LogP contribution in [0.15, 0.2) is 48.5 Å². The molecule has 0 radical (unpaired) electrons. The first-order valence-electron chi connectivity index (χ1n) is 11.0. The summed E-state index contributed by atoms with van der Waals surface area (Å²) in [5.41, 5.74) is 3.48. The third kappa shape index (κ3) is 5.85. The molecule has 2 aromatic carbocycles. The highest BCUT2D eigenvalue weighted by Crippen LogP contribution is 2.26. The minimum Gasteiger partial charge on any atom is -0.493 e. The topological polar surface area (TPSA) is 56.2 Å². The van der Waals surface area contributed by atoms with Crippen molar-refractivity contribution in [1.29, 1.82) is 0 Å². The largest absolute Gasteiger partial charge is 0.493 e. The Kier molecular flexibility index (Phi) is 7.89. The van der Waals surface area contributed by atoms with Crippen molar-refractivity contribution < 1.29 is 9.53 Å². The summed E-state index contributed by atoms with van der Waals surface area (Å²) < 4.78 is 8.40. The van der Waals surface area contributed by atoms with E-state index in [1.165, 1.54) is 11.1 Å². The van der Waals surface area contributed by atoms with Gasteiger partial charge in [-0.1, -0.05) is 44.2 Å². The van der Waals surface area contributed by atoms with E-state index in [2.05, 4.69) is 60.1 Å². The van der Waals surface area contributed by atoms with Crippen LogP contribution in [-0.2, 0) is 17.8 Å². The Morgan fingerprint density at radius 3 is 2.63 bits per heavy atom. The molecule has 0 unspecified atom stereocenters. The summed E-state index contributed by atoms with van der Waals surface area (Å²) in [6, 6.07) is 16.6. The number of rotatable bonds is 11. The average molecular weight is 408 g/mol. The monoisotopic (exact) mass is 407 g/mol. The van der Waals surface area contributed by atoms with Crippen LogP contribution in [0.1, 0.15) is 57.3 Å². The van der Waals surface area contributed by atoms with Crippen molar-refractivity contribution in [3.63, 3.8) is 0 Å². The number of nitrogens with zero attached hydrogens (tertiary/aromatic N) is 2. The van der Waals surface area contributed by atoms with Crippen molar-refractivity contribution >= 4 is 16.9 Å². The minimum atomic E-state index is 0.0162. The molecule has 1 aromatic heterocycles. The van der Waals surface area contributed by atoms with Crippen molar-refractivity contribution in [2.45, 2.75) is 58.9 Å². The second kappa shape index (κ2) is 10.8. The van der Waals surface area contributed by atoms with Gasteiger partial charge in [0.1, 0.15) is 11.6 Å². The summed E-state index contributed by atoms with van der Waals surface area (Å²) in [4.78, 5) is 15.9. The molecule has 5 nitrogen and oxygen atoms in total. The molecular formula is C25H33N3O2. The van der Waals surface area contributed by atoms with Crippen molar-refractivity contribution in [3.05, 3.63) is 59.9 Å². The Hall–Kier alpha value is -2.82. The number of para-hydroxylation sites is 3. The standard InChI is InChI=1S/C25H33N3O2/c1-19(2)21-11-4-7-14-24(21)30-18-9-8-17-28-23-13-6-5-12-22(23)27-25(28)15-10-16-26-20(3)29/h4-7,11-14,19H,8-10,15-18H2,1-3H3,(H,26,29). The molecule has 1 amide bonds. The molecule has 0 aliphatic carbocycles. The number of imidazole rings is 1. The van der Waals surface area contributed by atoms with E-state index in [0.717, 1.165) is 49.3 Å². The lowest BCUT2D eigenvalue weighted by Crippen LogP contribution is -2.21. The number of ether oxygens (including phenoxy) is 1. The van der Waals surface area contributed by atoms with Gasteiger partial charge in [-0.05, 0) is 48.9 Å². The maximum atomic E-state index is 11.1. The van der Waals surface area contributed by atoms with Gasteiger partial charge in [-0.25, -0.2) is 4.98 Å². The fraction of sp³-hybridized carbons (Fsp3) is 0.440. The number of aryl methyl sites for hydroxylation is 2. The molecule has 1 heterocycles. The molecule has 0 saturated carbocycles. The number of amides is 1. The molecule has 3 rings (SSSR count). The first kappa shape index (κ1) is 21.9. The predicted octanol–water partition coefficient (Wildman–Crippen LogP) is 5.09. The number of unbranched alkanes of at least 4 members (excludes halogenated alkanes) is 1. The van der Waals surface area contributed by atoms with Crippen LogP contribution in [0.4, 0.5) is 0 Å². The molecule has 0 bridgehead atoms.